The van der Waals surface area contributed by atoms with Crippen molar-refractivity contribution in [3.63, 3.8) is 0 Å². The molecule has 2 atom stereocenters. The smallest absolute Gasteiger partial charge is 0.204 e. The molecule has 2 heterocycles. The molecule has 2 unspecified atom stereocenters. The minimum absolute atomic E-state index is 0.539. The first-order valence-electron chi connectivity index (χ1n) is 6.67. The molecule has 3 N–H and O–H groups in total. The average Bonchev–Trinajstić information content (AvgIpc) is 2.75. The number of nitrogens with two attached hydrogens (primary N) is 1. The third kappa shape index (κ3) is 1.82. The molecule has 18 heavy (non-hydrogen) atoms. The molecule has 1 fully saturated rings. The highest BCUT2D eigenvalue weighted by Gasteiger charge is 2.26. The van der Waals surface area contributed by atoms with Gasteiger partial charge in [0.05, 0.1) is 11.0 Å². The Kier molecular flexibility index (Phi) is 2.65. The first-order chi connectivity index (χ1) is 8.65. The standard InChI is InChI=1S/C14H20N4/c1-9-4-3-7-18(10(9)2)14-16-12-6-5-11(15)8-13(12)17-14/h5-6,8-10H,3-4,7,15H2,1-2H3,(H,16,17). The molecule has 2 aromatic rings. The molecular weight excluding hydrogens is 224 g/mol. The maximum Gasteiger partial charge on any atom is 0.204 e. The summed E-state index contributed by atoms with van der Waals surface area (Å²) in [6, 6.07) is 6.36. The quantitative estimate of drug-likeness (QED) is 0.758. The summed E-state index contributed by atoms with van der Waals surface area (Å²) in [7, 11) is 0. The van der Waals surface area contributed by atoms with Crippen LogP contribution in [0.2, 0.25) is 0 Å². The summed E-state index contributed by atoms with van der Waals surface area (Å²) in [5.41, 5.74) is 8.59. The van der Waals surface area contributed by atoms with Crippen LogP contribution in [0.15, 0.2) is 18.2 Å². The van der Waals surface area contributed by atoms with Crippen molar-refractivity contribution in [3.05, 3.63) is 18.2 Å². The van der Waals surface area contributed by atoms with Gasteiger partial charge < -0.3 is 15.6 Å². The Labute approximate surface area is 107 Å². The lowest BCUT2D eigenvalue weighted by Gasteiger charge is -2.37. The molecule has 0 bridgehead atoms. The number of piperidine rings is 1. The van der Waals surface area contributed by atoms with Crippen molar-refractivity contribution in [1.29, 1.82) is 0 Å². The van der Waals surface area contributed by atoms with Crippen molar-refractivity contribution < 1.29 is 0 Å². The monoisotopic (exact) mass is 244 g/mol. The van der Waals surface area contributed by atoms with Crippen LogP contribution in [-0.2, 0) is 0 Å². The van der Waals surface area contributed by atoms with Crippen LogP contribution in [0.5, 0.6) is 0 Å². The molecule has 4 nitrogen and oxygen atoms in total. The number of nitrogen functional groups attached to an aromatic ring is 1. The lowest BCUT2D eigenvalue weighted by atomic mass is 9.92. The van der Waals surface area contributed by atoms with E-state index in [1.165, 1.54) is 12.8 Å². The third-order valence-corrected chi connectivity index (χ3v) is 4.14. The highest BCUT2D eigenvalue weighted by molar-refractivity contribution is 5.80. The zero-order valence-corrected chi connectivity index (χ0v) is 11.0. The van der Waals surface area contributed by atoms with Gasteiger partial charge in [0.15, 0.2) is 0 Å². The molecular formula is C14H20N4. The van der Waals surface area contributed by atoms with Crippen molar-refractivity contribution in [2.75, 3.05) is 17.2 Å². The van der Waals surface area contributed by atoms with Gasteiger partial charge in [0.25, 0.3) is 0 Å². The Hall–Kier alpha value is -1.71. The van der Waals surface area contributed by atoms with E-state index < -0.39 is 0 Å². The molecule has 96 valence electrons. The molecule has 0 spiro atoms. The first-order valence-corrected chi connectivity index (χ1v) is 6.67. The fourth-order valence-electron chi connectivity index (χ4n) is 2.78. The van der Waals surface area contributed by atoms with Gasteiger partial charge in [-0.05, 0) is 43.9 Å². The number of hydrogen-bond donors (Lipinski definition) is 2. The molecule has 0 radical (unpaired) electrons. The fourth-order valence-corrected chi connectivity index (χ4v) is 2.78. The SMILES string of the molecule is CC1CCCN(c2nc3ccc(N)cc3[nH]2)C1C. The minimum atomic E-state index is 0.539. The number of imidazole rings is 1. The van der Waals surface area contributed by atoms with Gasteiger partial charge in [-0.25, -0.2) is 4.98 Å². The van der Waals surface area contributed by atoms with Crippen molar-refractivity contribution >= 4 is 22.7 Å². The van der Waals surface area contributed by atoms with Crippen molar-refractivity contribution in [2.45, 2.75) is 32.7 Å². The molecule has 1 aliphatic rings. The number of nitrogens with one attached hydrogen (secondary N) is 1. The van der Waals surface area contributed by atoms with Crippen molar-refractivity contribution in [1.82, 2.24) is 9.97 Å². The van der Waals surface area contributed by atoms with Crippen LogP contribution in [0.3, 0.4) is 0 Å². The number of hydrogen-bond acceptors (Lipinski definition) is 3. The van der Waals surface area contributed by atoms with Crippen LogP contribution in [0.4, 0.5) is 11.6 Å². The number of benzene rings is 1. The second-order valence-electron chi connectivity index (χ2n) is 5.39. The minimum Gasteiger partial charge on any atom is -0.399 e. The van der Waals surface area contributed by atoms with Gasteiger partial charge in [-0.3, -0.25) is 0 Å². The second kappa shape index (κ2) is 4.19. The van der Waals surface area contributed by atoms with Gasteiger partial charge in [-0.2, -0.15) is 0 Å². The molecule has 1 aliphatic heterocycles. The third-order valence-electron chi connectivity index (χ3n) is 4.14. The van der Waals surface area contributed by atoms with Crippen LogP contribution in [0.25, 0.3) is 11.0 Å². The van der Waals surface area contributed by atoms with Gasteiger partial charge >= 0.3 is 0 Å². The van der Waals surface area contributed by atoms with Crippen LogP contribution in [0, 0.1) is 5.92 Å². The number of rotatable bonds is 1. The average molecular weight is 244 g/mol. The number of H-pyrrole nitrogens is 1. The maximum atomic E-state index is 5.80. The number of fused-ring (bicyclic) bond motifs is 1. The van der Waals surface area contributed by atoms with E-state index in [9.17, 15) is 0 Å². The lowest BCUT2D eigenvalue weighted by Crippen LogP contribution is -2.43. The molecule has 3 rings (SSSR count). The van der Waals surface area contributed by atoms with E-state index in [1.54, 1.807) is 0 Å². The second-order valence-corrected chi connectivity index (χ2v) is 5.39. The highest BCUT2D eigenvalue weighted by atomic mass is 15.3. The Morgan fingerprint density at radius 1 is 1.39 bits per heavy atom. The Balaban J connectivity index is 1.98. The predicted octanol–water partition coefficient (Wildman–Crippen LogP) is 2.77. The zero-order valence-electron chi connectivity index (χ0n) is 11.0. The summed E-state index contributed by atoms with van der Waals surface area (Å²) in [5.74, 6) is 1.70. The predicted molar refractivity (Wildman–Crippen MR) is 75.7 cm³/mol. The molecule has 4 heteroatoms. The van der Waals surface area contributed by atoms with E-state index in [4.69, 9.17) is 5.73 Å². The molecule has 0 saturated carbocycles. The largest absolute Gasteiger partial charge is 0.399 e. The Bertz CT molecular complexity index is 560. The van der Waals surface area contributed by atoms with Gasteiger partial charge in [0.2, 0.25) is 5.95 Å². The number of anilines is 2. The van der Waals surface area contributed by atoms with E-state index in [2.05, 4.69) is 28.7 Å². The number of aromatic nitrogens is 2. The van der Waals surface area contributed by atoms with E-state index in [0.29, 0.717) is 6.04 Å². The molecule has 0 amide bonds. The number of aromatic amines is 1. The van der Waals surface area contributed by atoms with Gasteiger partial charge in [0, 0.05) is 18.3 Å². The fraction of sp³-hybridized carbons (Fsp3) is 0.500. The summed E-state index contributed by atoms with van der Waals surface area (Å²) in [4.78, 5) is 10.4. The summed E-state index contributed by atoms with van der Waals surface area (Å²) in [6.45, 7) is 5.68. The molecule has 1 aromatic carbocycles. The summed E-state index contributed by atoms with van der Waals surface area (Å²) in [5, 5.41) is 0. The summed E-state index contributed by atoms with van der Waals surface area (Å²) < 4.78 is 0. The van der Waals surface area contributed by atoms with Gasteiger partial charge in [-0.1, -0.05) is 6.92 Å². The van der Waals surface area contributed by atoms with E-state index >= 15 is 0 Å². The zero-order chi connectivity index (χ0) is 12.7. The van der Waals surface area contributed by atoms with Gasteiger partial charge in [-0.15, -0.1) is 0 Å². The normalized spacial score (nSPS) is 24.7. The van der Waals surface area contributed by atoms with Crippen LogP contribution >= 0.6 is 0 Å². The first kappa shape index (κ1) is 11.4. The molecule has 1 saturated heterocycles. The van der Waals surface area contributed by atoms with Crippen molar-refractivity contribution in [3.8, 4) is 0 Å². The van der Waals surface area contributed by atoms with Gasteiger partial charge in [0.1, 0.15) is 0 Å². The highest BCUT2D eigenvalue weighted by Crippen LogP contribution is 2.28. The van der Waals surface area contributed by atoms with E-state index in [1.807, 2.05) is 18.2 Å². The molecule has 0 aliphatic carbocycles. The molecule has 1 aromatic heterocycles. The van der Waals surface area contributed by atoms with E-state index in [-0.39, 0.29) is 0 Å². The number of nitrogens with zero attached hydrogens (tertiary/aromatic N) is 2. The Morgan fingerprint density at radius 2 is 2.22 bits per heavy atom. The lowest BCUT2D eigenvalue weighted by molar-refractivity contribution is 0.360. The summed E-state index contributed by atoms with van der Waals surface area (Å²) >= 11 is 0. The van der Waals surface area contributed by atoms with Crippen molar-refractivity contribution in [2.24, 2.45) is 5.92 Å². The van der Waals surface area contributed by atoms with Crippen LogP contribution in [-0.4, -0.2) is 22.6 Å². The maximum absolute atomic E-state index is 5.80. The topological polar surface area (TPSA) is 57.9 Å². The van der Waals surface area contributed by atoms with E-state index in [0.717, 1.165) is 35.1 Å². The Morgan fingerprint density at radius 3 is 3.06 bits per heavy atom. The summed E-state index contributed by atoms with van der Waals surface area (Å²) in [6.07, 6.45) is 2.55. The van der Waals surface area contributed by atoms with Crippen LogP contribution in [0.1, 0.15) is 26.7 Å². The van der Waals surface area contributed by atoms with Crippen LogP contribution < -0.4 is 10.6 Å².